The minimum Gasteiger partial charge on any atom is -0.487 e. The summed E-state index contributed by atoms with van der Waals surface area (Å²) in [6, 6.07) is 9.91. The van der Waals surface area contributed by atoms with E-state index < -0.39 is 0 Å². The highest BCUT2D eigenvalue weighted by Crippen LogP contribution is 2.15. The molecule has 2 aromatic rings. The minimum absolute atomic E-state index is 0.290. The van der Waals surface area contributed by atoms with Crippen molar-refractivity contribution in [2.45, 2.75) is 20.0 Å². The van der Waals surface area contributed by atoms with Gasteiger partial charge in [0.25, 0.3) is 0 Å². The summed E-state index contributed by atoms with van der Waals surface area (Å²) in [4.78, 5) is 0. The fourth-order valence-corrected chi connectivity index (χ4v) is 1.60. The van der Waals surface area contributed by atoms with Crippen molar-refractivity contribution in [1.82, 2.24) is 15.0 Å². The van der Waals surface area contributed by atoms with Crippen LogP contribution >= 0.6 is 0 Å². The van der Waals surface area contributed by atoms with Gasteiger partial charge in [-0.05, 0) is 24.1 Å². The standard InChI is InChI=1S/C13H14N4O/c1-3-10-4-6-11(7-5-10)18-9-13-12(8-14)15-16-17(13)2/h4-7H,3,9H2,1-2H3. The summed E-state index contributed by atoms with van der Waals surface area (Å²) in [6.07, 6.45) is 1.00. The number of rotatable bonds is 4. The van der Waals surface area contributed by atoms with Gasteiger partial charge in [0.15, 0.2) is 5.69 Å². The summed E-state index contributed by atoms with van der Waals surface area (Å²) in [6.45, 7) is 2.40. The second-order valence-corrected chi connectivity index (χ2v) is 3.91. The molecule has 0 fully saturated rings. The van der Waals surface area contributed by atoms with Crippen LogP contribution in [0.25, 0.3) is 0 Å². The number of aryl methyl sites for hydroxylation is 2. The zero-order valence-corrected chi connectivity index (χ0v) is 10.4. The van der Waals surface area contributed by atoms with Gasteiger partial charge in [-0.25, -0.2) is 4.68 Å². The topological polar surface area (TPSA) is 63.7 Å². The number of hydrogen-bond donors (Lipinski definition) is 0. The molecule has 1 aromatic carbocycles. The van der Waals surface area contributed by atoms with Crippen molar-refractivity contribution in [3.8, 4) is 11.8 Å². The van der Waals surface area contributed by atoms with E-state index >= 15 is 0 Å². The van der Waals surface area contributed by atoms with E-state index in [9.17, 15) is 0 Å². The SMILES string of the molecule is CCc1ccc(OCc2c(C#N)nnn2C)cc1. The van der Waals surface area contributed by atoms with Crippen molar-refractivity contribution < 1.29 is 4.74 Å². The van der Waals surface area contributed by atoms with Gasteiger partial charge >= 0.3 is 0 Å². The second kappa shape index (κ2) is 5.32. The molecule has 0 aliphatic rings. The van der Waals surface area contributed by atoms with Crippen LogP contribution in [-0.2, 0) is 20.1 Å². The first-order valence-electron chi connectivity index (χ1n) is 5.75. The van der Waals surface area contributed by atoms with Gasteiger partial charge in [0.05, 0.1) is 0 Å². The zero-order chi connectivity index (χ0) is 13.0. The Bertz CT molecular complexity index is 566. The molecule has 1 heterocycles. The predicted octanol–water partition coefficient (Wildman–Crippen LogP) is 1.83. The maximum absolute atomic E-state index is 8.88. The summed E-state index contributed by atoms with van der Waals surface area (Å²) < 4.78 is 7.18. The molecule has 2 rings (SSSR count). The van der Waals surface area contributed by atoms with E-state index in [1.54, 1.807) is 11.7 Å². The van der Waals surface area contributed by atoms with Crippen LogP contribution in [0.3, 0.4) is 0 Å². The molecule has 0 radical (unpaired) electrons. The first-order valence-corrected chi connectivity index (χ1v) is 5.75. The van der Waals surface area contributed by atoms with Crippen molar-refractivity contribution in [2.24, 2.45) is 7.05 Å². The third-order valence-electron chi connectivity index (χ3n) is 2.76. The number of ether oxygens (including phenoxy) is 1. The lowest BCUT2D eigenvalue weighted by atomic mass is 10.2. The Labute approximate surface area is 106 Å². The third kappa shape index (κ3) is 2.48. The largest absolute Gasteiger partial charge is 0.487 e. The Hall–Kier alpha value is -2.35. The average Bonchev–Trinajstić information content (AvgIpc) is 2.77. The Morgan fingerprint density at radius 3 is 2.67 bits per heavy atom. The van der Waals surface area contributed by atoms with Crippen LogP contribution in [0.4, 0.5) is 0 Å². The fourth-order valence-electron chi connectivity index (χ4n) is 1.60. The van der Waals surface area contributed by atoms with Crippen molar-refractivity contribution in [2.75, 3.05) is 0 Å². The van der Waals surface area contributed by atoms with E-state index in [2.05, 4.69) is 17.2 Å². The van der Waals surface area contributed by atoms with Crippen molar-refractivity contribution in [3.05, 3.63) is 41.2 Å². The zero-order valence-electron chi connectivity index (χ0n) is 10.4. The first-order chi connectivity index (χ1) is 8.74. The lowest BCUT2D eigenvalue weighted by molar-refractivity contribution is 0.294. The van der Waals surface area contributed by atoms with Gasteiger partial charge in [-0.15, -0.1) is 5.10 Å². The van der Waals surface area contributed by atoms with Crippen LogP contribution in [0.2, 0.25) is 0 Å². The first kappa shape index (κ1) is 12.1. The molecule has 5 heteroatoms. The molecular weight excluding hydrogens is 228 g/mol. The summed E-state index contributed by atoms with van der Waals surface area (Å²) in [7, 11) is 1.74. The lowest BCUT2D eigenvalue weighted by Crippen LogP contribution is -2.04. The lowest BCUT2D eigenvalue weighted by Gasteiger charge is -2.06. The summed E-state index contributed by atoms with van der Waals surface area (Å²) in [5, 5.41) is 16.4. The van der Waals surface area contributed by atoms with Crippen LogP contribution < -0.4 is 4.74 Å². The van der Waals surface area contributed by atoms with E-state index in [0.29, 0.717) is 11.4 Å². The number of benzene rings is 1. The number of hydrogen-bond acceptors (Lipinski definition) is 4. The summed E-state index contributed by atoms with van der Waals surface area (Å²) >= 11 is 0. The van der Waals surface area contributed by atoms with Gasteiger partial charge in [-0.3, -0.25) is 0 Å². The van der Waals surface area contributed by atoms with Gasteiger partial charge in [0, 0.05) is 7.05 Å². The number of aromatic nitrogens is 3. The van der Waals surface area contributed by atoms with E-state index in [1.165, 1.54) is 5.56 Å². The maximum atomic E-state index is 8.88. The quantitative estimate of drug-likeness (QED) is 0.820. The normalized spacial score (nSPS) is 10.1. The Morgan fingerprint density at radius 2 is 2.06 bits per heavy atom. The monoisotopic (exact) mass is 242 g/mol. The maximum Gasteiger partial charge on any atom is 0.189 e. The molecule has 92 valence electrons. The molecule has 5 nitrogen and oxygen atoms in total. The number of nitriles is 1. The van der Waals surface area contributed by atoms with Crippen LogP contribution in [0.1, 0.15) is 23.9 Å². The van der Waals surface area contributed by atoms with Gasteiger partial charge < -0.3 is 4.74 Å². The highest BCUT2D eigenvalue weighted by molar-refractivity contribution is 5.28. The molecule has 0 saturated heterocycles. The molecule has 18 heavy (non-hydrogen) atoms. The van der Waals surface area contributed by atoms with Crippen molar-refractivity contribution >= 4 is 0 Å². The van der Waals surface area contributed by atoms with Crippen LogP contribution in [0, 0.1) is 11.3 Å². The highest BCUT2D eigenvalue weighted by atomic mass is 16.5. The third-order valence-corrected chi connectivity index (χ3v) is 2.76. The smallest absolute Gasteiger partial charge is 0.189 e. The molecule has 0 saturated carbocycles. The second-order valence-electron chi connectivity index (χ2n) is 3.91. The summed E-state index contributed by atoms with van der Waals surface area (Å²) in [5.74, 6) is 0.775. The molecular formula is C13H14N4O. The van der Waals surface area contributed by atoms with Crippen LogP contribution in [0.5, 0.6) is 5.75 Å². The Kier molecular flexibility index (Phi) is 3.58. The van der Waals surface area contributed by atoms with E-state index in [0.717, 1.165) is 12.2 Å². The van der Waals surface area contributed by atoms with Crippen molar-refractivity contribution in [1.29, 1.82) is 5.26 Å². The van der Waals surface area contributed by atoms with Gasteiger partial charge in [0.2, 0.25) is 0 Å². The molecule has 0 aliphatic heterocycles. The van der Waals surface area contributed by atoms with Gasteiger partial charge in [-0.2, -0.15) is 5.26 Å². The Balaban J connectivity index is 2.07. The van der Waals surface area contributed by atoms with Crippen LogP contribution in [-0.4, -0.2) is 15.0 Å². The molecule has 0 spiro atoms. The van der Waals surface area contributed by atoms with E-state index in [-0.39, 0.29) is 6.61 Å². The van der Waals surface area contributed by atoms with E-state index in [1.807, 2.05) is 30.3 Å². The van der Waals surface area contributed by atoms with Gasteiger partial charge in [0.1, 0.15) is 24.1 Å². The molecule has 1 aromatic heterocycles. The highest BCUT2D eigenvalue weighted by Gasteiger charge is 2.10. The molecule has 0 unspecified atom stereocenters. The minimum atomic E-state index is 0.290. The fraction of sp³-hybridized carbons (Fsp3) is 0.308. The molecule has 0 atom stereocenters. The number of nitrogens with zero attached hydrogens (tertiary/aromatic N) is 4. The van der Waals surface area contributed by atoms with E-state index in [4.69, 9.17) is 10.00 Å². The van der Waals surface area contributed by atoms with Gasteiger partial charge in [-0.1, -0.05) is 24.3 Å². The Morgan fingerprint density at radius 1 is 1.33 bits per heavy atom. The van der Waals surface area contributed by atoms with Crippen molar-refractivity contribution in [3.63, 3.8) is 0 Å². The summed E-state index contributed by atoms with van der Waals surface area (Å²) in [5.41, 5.74) is 2.25. The molecule has 0 aliphatic carbocycles. The molecule has 0 bridgehead atoms. The average molecular weight is 242 g/mol. The predicted molar refractivity (Wildman–Crippen MR) is 65.9 cm³/mol. The molecule has 0 N–H and O–H groups in total. The molecule has 0 amide bonds. The van der Waals surface area contributed by atoms with Crippen LogP contribution in [0.15, 0.2) is 24.3 Å².